The van der Waals surface area contributed by atoms with Crippen LogP contribution in [-0.2, 0) is 21.3 Å². The van der Waals surface area contributed by atoms with E-state index in [-0.39, 0.29) is 11.1 Å². The van der Waals surface area contributed by atoms with Gasteiger partial charge in [0.15, 0.2) is 5.03 Å². The van der Waals surface area contributed by atoms with E-state index >= 15 is 0 Å². The molecular formula is C13H26N4O3S. The number of hydrogen-bond donors (Lipinski definition) is 2. The van der Waals surface area contributed by atoms with E-state index in [9.17, 15) is 8.42 Å². The molecular weight excluding hydrogens is 292 g/mol. The van der Waals surface area contributed by atoms with Gasteiger partial charge in [-0.25, -0.2) is 8.42 Å². The number of nitrogens with one attached hydrogen (secondary N) is 2. The van der Waals surface area contributed by atoms with Crippen LogP contribution in [0.1, 0.15) is 33.3 Å². The lowest BCUT2D eigenvalue weighted by molar-refractivity contribution is 0.135. The predicted molar refractivity (Wildman–Crippen MR) is 81.5 cm³/mol. The Morgan fingerprint density at radius 3 is 2.71 bits per heavy atom. The fourth-order valence-corrected chi connectivity index (χ4v) is 3.39. The normalized spacial score (nSPS) is 12.5. The van der Waals surface area contributed by atoms with E-state index in [0.29, 0.717) is 38.4 Å². The summed E-state index contributed by atoms with van der Waals surface area (Å²) in [6, 6.07) is 0.274. The van der Waals surface area contributed by atoms with Crippen LogP contribution in [0.2, 0.25) is 0 Å². The zero-order chi connectivity index (χ0) is 15.9. The Hall–Kier alpha value is -0.960. The molecule has 0 saturated carbocycles. The van der Waals surface area contributed by atoms with Crippen LogP contribution >= 0.6 is 0 Å². The molecule has 8 heteroatoms. The molecule has 0 aromatic carbocycles. The van der Waals surface area contributed by atoms with Crippen LogP contribution in [-0.4, -0.2) is 55.3 Å². The van der Waals surface area contributed by atoms with E-state index in [4.69, 9.17) is 4.74 Å². The molecule has 1 aromatic rings. The molecule has 0 aliphatic rings. The molecule has 0 spiro atoms. The Morgan fingerprint density at radius 1 is 1.43 bits per heavy atom. The minimum absolute atomic E-state index is 0.161. The molecule has 0 amide bonds. The van der Waals surface area contributed by atoms with Gasteiger partial charge in [-0.15, -0.1) is 0 Å². The highest BCUT2D eigenvalue weighted by Crippen LogP contribution is 2.17. The van der Waals surface area contributed by atoms with Gasteiger partial charge < -0.3 is 10.1 Å². The third kappa shape index (κ3) is 5.06. The second kappa shape index (κ2) is 8.47. The highest BCUT2D eigenvalue weighted by molar-refractivity contribution is 7.89. The number of ether oxygens (including phenoxy) is 1. The van der Waals surface area contributed by atoms with Crippen molar-refractivity contribution in [1.29, 1.82) is 0 Å². The number of aromatic amines is 1. The summed E-state index contributed by atoms with van der Waals surface area (Å²) < 4.78 is 32.0. The lowest BCUT2D eigenvalue weighted by Crippen LogP contribution is -2.35. The first kappa shape index (κ1) is 18.1. The van der Waals surface area contributed by atoms with Gasteiger partial charge in [-0.1, -0.05) is 20.8 Å². The molecule has 1 rings (SSSR count). The second-order valence-corrected chi connectivity index (χ2v) is 6.83. The van der Waals surface area contributed by atoms with Gasteiger partial charge in [0, 0.05) is 37.8 Å². The minimum atomic E-state index is -3.57. The topological polar surface area (TPSA) is 87.3 Å². The second-order valence-electron chi connectivity index (χ2n) is 4.95. The zero-order valence-corrected chi connectivity index (χ0v) is 14.0. The summed E-state index contributed by atoms with van der Waals surface area (Å²) in [6.45, 7) is 9.87. The first-order valence-corrected chi connectivity index (χ1v) is 8.71. The van der Waals surface area contributed by atoms with E-state index < -0.39 is 10.0 Å². The van der Waals surface area contributed by atoms with Gasteiger partial charge in [-0.2, -0.15) is 9.40 Å². The molecule has 0 aliphatic carbocycles. The summed E-state index contributed by atoms with van der Waals surface area (Å²) in [7, 11) is -3.57. The fraction of sp³-hybridized carbons (Fsp3) is 0.769. The minimum Gasteiger partial charge on any atom is -0.380 e. The lowest BCUT2D eigenvalue weighted by Gasteiger charge is -2.20. The highest BCUT2D eigenvalue weighted by Gasteiger charge is 2.27. The first-order chi connectivity index (χ1) is 9.93. The molecule has 2 N–H and O–H groups in total. The van der Waals surface area contributed by atoms with Gasteiger partial charge in [0.2, 0.25) is 0 Å². The van der Waals surface area contributed by atoms with Crippen molar-refractivity contribution in [2.45, 2.75) is 45.3 Å². The summed E-state index contributed by atoms with van der Waals surface area (Å²) >= 11 is 0. The van der Waals surface area contributed by atoms with Crippen LogP contribution in [0.4, 0.5) is 0 Å². The summed E-state index contributed by atoms with van der Waals surface area (Å²) in [6.07, 6.45) is 1.55. The summed E-state index contributed by atoms with van der Waals surface area (Å²) in [4.78, 5) is 0. The van der Waals surface area contributed by atoms with Crippen molar-refractivity contribution in [2.24, 2.45) is 0 Å². The van der Waals surface area contributed by atoms with Gasteiger partial charge in [0.1, 0.15) is 0 Å². The molecule has 0 fully saturated rings. The number of rotatable bonds is 10. The molecule has 0 aliphatic heterocycles. The molecule has 0 unspecified atom stereocenters. The molecule has 0 radical (unpaired) electrons. The number of nitrogens with zero attached hydrogens (tertiary/aromatic N) is 2. The Bertz CT molecular complexity index is 513. The van der Waals surface area contributed by atoms with Crippen molar-refractivity contribution in [1.82, 2.24) is 19.8 Å². The van der Waals surface area contributed by atoms with E-state index in [2.05, 4.69) is 15.5 Å². The average Bonchev–Trinajstić information content (AvgIpc) is 2.90. The van der Waals surface area contributed by atoms with E-state index in [0.717, 1.165) is 0 Å². The summed E-state index contributed by atoms with van der Waals surface area (Å²) in [5.74, 6) is 0. The number of hydrogen-bond acceptors (Lipinski definition) is 5. The van der Waals surface area contributed by atoms with E-state index in [1.807, 2.05) is 27.7 Å². The molecule has 0 saturated heterocycles. The van der Waals surface area contributed by atoms with Gasteiger partial charge in [0.05, 0.1) is 12.8 Å². The fourth-order valence-electron chi connectivity index (χ4n) is 1.85. The first-order valence-electron chi connectivity index (χ1n) is 7.27. The van der Waals surface area contributed by atoms with Crippen LogP contribution < -0.4 is 5.32 Å². The third-order valence-corrected chi connectivity index (χ3v) is 5.01. The SMILES string of the molecule is CCOCCN(CC)S(=O)(=O)c1[nH]ncc1CNC(C)C. The number of aromatic nitrogens is 2. The third-order valence-electron chi connectivity index (χ3n) is 3.02. The van der Waals surface area contributed by atoms with Gasteiger partial charge in [0.25, 0.3) is 10.0 Å². The van der Waals surface area contributed by atoms with Crippen molar-refractivity contribution in [3.8, 4) is 0 Å². The summed E-state index contributed by atoms with van der Waals surface area (Å²) in [5.41, 5.74) is 0.651. The van der Waals surface area contributed by atoms with Crippen LogP contribution in [0, 0.1) is 0 Å². The maximum absolute atomic E-state index is 12.7. The molecule has 0 atom stereocenters. The number of likely N-dealkylation sites (N-methyl/N-ethyl adjacent to an activating group) is 1. The van der Waals surface area contributed by atoms with Gasteiger partial charge in [-0.05, 0) is 6.92 Å². The molecule has 1 aromatic heterocycles. The maximum Gasteiger partial charge on any atom is 0.260 e. The number of H-pyrrole nitrogens is 1. The van der Waals surface area contributed by atoms with Crippen LogP contribution in [0.5, 0.6) is 0 Å². The maximum atomic E-state index is 12.7. The van der Waals surface area contributed by atoms with Crippen molar-refractivity contribution in [3.63, 3.8) is 0 Å². The smallest absolute Gasteiger partial charge is 0.260 e. The van der Waals surface area contributed by atoms with Gasteiger partial charge in [-0.3, -0.25) is 5.10 Å². The van der Waals surface area contributed by atoms with Crippen LogP contribution in [0.15, 0.2) is 11.2 Å². The van der Waals surface area contributed by atoms with E-state index in [1.165, 1.54) is 4.31 Å². The lowest BCUT2D eigenvalue weighted by atomic mass is 10.3. The Kier molecular flexibility index (Phi) is 7.30. The average molecular weight is 318 g/mol. The van der Waals surface area contributed by atoms with Crippen molar-refractivity contribution in [2.75, 3.05) is 26.3 Å². The number of sulfonamides is 1. The summed E-state index contributed by atoms with van der Waals surface area (Å²) in [5, 5.41) is 9.86. The molecule has 21 heavy (non-hydrogen) atoms. The Morgan fingerprint density at radius 2 is 2.14 bits per heavy atom. The Labute approximate surface area is 127 Å². The van der Waals surface area contributed by atoms with E-state index in [1.54, 1.807) is 6.20 Å². The van der Waals surface area contributed by atoms with Crippen molar-refractivity contribution >= 4 is 10.0 Å². The monoisotopic (exact) mass is 318 g/mol. The quantitative estimate of drug-likeness (QED) is 0.627. The highest BCUT2D eigenvalue weighted by atomic mass is 32.2. The molecule has 7 nitrogen and oxygen atoms in total. The predicted octanol–water partition coefficient (Wildman–Crippen LogP) is 0.955. The zero-order valence-electron chi connectivity index (χ0n) is 13.2. The van der Waals surface area contributed by atoms with Crippen molar-refractivity contribution < 1.29 is 13.2 Å². The molecule has 122 valence electrons. The van der Waals surface area contributed by atoms with Gasteiger partial charge >= 0.3 is 0 Å². The standard InChI is InChI=1S/C13H26N4O3S/c1-5-17(7-8-20-6-2)21(18,19)13-12(10-15-16-13)9-14-11(3)4/h10-11,14H,5-9H2,1-4H3,(H,15,16). The van der Waals surface area contributed by atoms with Crippen LogP contribution in [0.3, 0.4) is 0 Å². The van der Waals surface area contributed by atoms with Crippen molar-refractivity contribution in [3.05, 3.63) is 11.8 Å². The molecule has 1 heterocycles. The molecule has 0 bridgehead atoms. The Balaban J connectivity index is 2.87. The van der Waals surface area contributed by atoms with Crippen LogP contribution in [0.25, 0.3) is 0 Å². The largest absolute Gasteiger partial charge is 0.380 e.